The third-order valence-electron chi connectivity index (χ3n) is 4.09. The Morgan fingerprint density at radius 3 is 2.14 bits per heavy atom. The second-order valence-electron chi connectivity index (χ2n) is 6.24. The molecule has 0 spiro atoms. The lowest BCUT2D eigenvalue weighted by Crippen LogP contribution is -2.37. The molecule has 9 heteroatoms. The summed E-state index contributed by atoms with van der Waals surface area (Å²) in [5.74, 6) is -2.02. The molecule has 0 fully saturated rings. The van der Waals surface area contributed by atoms with Crippen molar-refractivity contribution in [1.29, 1.82) is 0 Å². The summed E-state index contributed by atoms with van der Waals surface area (Å²) in [6.45, 7) is 1.43. The fourth-order valence-corrected chi connectivity index (χ4v) is 3.28. The van der Waals surface area contributed by atoms with Crippen LogP contribution in [0.5, 0.6) is 0 Å². The van der Waals surface area contributed by atoms with Gasteiger partial charge in [0.1, 0.15) is 33.8 Å². The molecule has 1 N–H and O–H groups in total. The monoisotopic (exact) mass is 437 g/mol. The van der Waals surface area contributed by atoms with E-state index in [0.29, 0.717) is 11.3 Å². The number of anilines is 1. The topological polar surface area (TPSA) is 66.3 Å². The molecule has 1 amide bonds. The number of aliphatic hydroxyl groups excluding tert-OH is 1. The molecule has 0 aliphatic rings. The molecule has 0 saturated heterocycles. The fraction of sp³-hybridized carbons (Fsp3) is 0.150. The van der Waals surface area contributed by atoms with E-state index in [-0.39, 0.29) is 28.0 Å². The van der Waals surface area contributed by atoms with Gasteiger partial charge >= 0.3 is 0 Å². The van der Waals surface area contributed by atoms with E-state index in [1.54, 1.807) is 0 Å². The maximum Gasteiger partial charge on any atom is 0.264 e. The highest BCUT2D eigenvalue weighted by Crippen LogP contribution is 2.30. The third-order valence-corrected chi connectivity index (χ3v) is 4.66. The van der Waals surface area contributed by atoms with Gasteiger partial charge in [0.2, 0.25) is 0 Å². The second kappa shape index (κ2) is 8.82. The maximum absolute atomic E-state index is 14.0. The quantitative estimate of drug-likeness (QED) is 0.584. The molecule has 1 heterocycles. The van der Waals surface area contributed by atoms with E-state index in [0.717, 1.165) is 18.5 Å². The van der Waals surface area contributed by atoms with Crippen molar-refractivity contribution in [3.63, 3.8) is 0 Å². The van der Waals surface area contributed by atoms with Crippen LogP contribution in [-0.4, -0.2) is 33.6 Å². The van der Waals surface area contributed by atoms with Crippen molar-refractivity contribution in [1.82, 2.24) is 9.97 Å². The summed E-state index contributed by atoms with van der Waals surface area (Å²) >= 11 is 12.0. The van der Waals surface area contributed by atoms with E-state index in [2.05, 4.69) is 9.97 Å². The molecule has 0 saturated carbocycles. The lowest BCUT2D eigenvalue weighted by Gasteiger charge is -2.25. The Labute approximate surface area is 175 Å². The number of hydrogen-bond donors (Lipinski definition) is 1. The van der Waals surface area contributed by atoms with E-state index in [1.165, 1.54) is 42.2 Å². The van der Waals surface area contributed by atoms with Crippen LogP contribution in [-0.2, 0) is 0 Å². The van der Waals surface area contributed by atoms with Crippen LogP contribution >= 0.6 is 23.2 Å². The normalized spacial score (nSPS) is 11.9. The van der Waals surface area contributed by atoms with Crippen molar-refractivity contribution < 1.29 is 18.7 Å². The van der Waals surface area contributed by atoms with E-state index < -0.39 is 23.6 Å². The average Bonchev–Trinajstić information content (AvgIpc) is 2.66. The van der Waals surface area contributed by atoms with Crippen LogP contribution in [0.4, 0.5) is 14.5 Å². The van der Waals surface area contributed by atoms with Crippen molar-refractivity contribution in [3.8, 4) is 11.1 Å². The zero-order chi connectivity index (χ0) is 21.1. The highest BCUT2D eigenvalue weighted by molar-refractivity contribution is 6.39. The molecule has 0 aliphatic carbocycles. The summed E-state index contributed by atoms with van der Waals surface area (Å²) in [6, 6.07) is 9.57. The number of nitrogens with zero attached hydrogens (tertiary/aromatic N) is 3. The molecule has 0 aliphatic heterocycles. The Hall–Kier alpha value is -2.61. The lowest BCUT2D eigenvalue weighted by molar-refractivity contribution is 0.0967. The van der Waals surface area contributed by atoms with E-state index >= 15 is 0 Å². The summed E-state index contributed by atoms with van der Waals surface area (Å²) in [5.41, 5.74) is 0.385. The molecular weight excluding hydrogens is 423 g/mol. The predicted octanol–water partition coefficient (Wildman–Crippen LogP) is 4.76. The fourth-order valence-electron chi connectivity index (χ4n) is 2.81. The molecule has 0 radical (unpaired) electrons. The van der Waals surface area contributed by atoms with Gasteiger partial charge in [0.15, 0.2) is 0 Å². The molecule has 2 aromatic carbocycles. The Balaban J connectivity index is 2.01. The van der Waals surface area contributed by atoms with Gasteiger partial charge in [0.05, 0.1) is 18.2 Å². The van der Waals surface area contributed by atoms with Gasteiger partial charge < -0.3 is 10.0 Å². The molecule has 150 valence electrons. The molecule has 0 bridgehead atoms. The van der Waals surface area contributed by atoms with Crippen molar-refractivity contribution in [2.24, 2.45) is 0 Å². The standard InChI is InChI=1S/C20H15Cl2F2N3O2/c1-11(28)9-27(20(29)17-18(21)25-10-26-19(17)22)13-7-5-12(6-8-13)16-14(23)3-2-4-15(16)24/h2-8,10-11,28H,9H2,1H3. The minimum atomic E-state index is -0.871. The summed E-state index contributed by atoms with van der Waals surface area (Å²) in [5, 5.41) is 9.58. The van der Waals surface area contributed by atoms with Gasteiger partial charge in [-0.25, -0.2) is 18.7 Å². The minimum Gasteiger partial charge on any atom is -0.392 e. The maximum atomic E-state index is 14.0. The highest BCUT2D eigenvalue weighted by atomic mass is 35.5. The summed E-state index contributed by atoms with van der Waals surface area (Å²) in [6.07, 6.45) is 0.253. The summed E-state index contributed by atoms with van der Waals surface area (Å²) < 4.78 is 28.0. The van der Waals surface area contributed by atoms with Crippen LogP contribution in [0.25, 0.3) is 11.1 Å². The van der Waals surface area contributed by atoms with E-state index in [4.69, 9.17) is 23.2 Å². The third kappa shape index (κ3) is 4.53. The Kier molecular flexibility index (Phi) is 6.42. The SMILES string of the molecule is CC(O)CN(C(=O)c1c(Cl)ncnc1Cl)c1ccc(-c2c(F)cccc2F)cc1. The Morgan fingerprint density at radius 1 is 1.07 bits per heavy atom. The molecule has 1 aromatic heterocycles. The van der Waals surface area contributed by atoms with E-state index in [1.807, 2.05) is 0 Å². The minimum absolute atomic E-state index is 0.0756. The molecule has 3 aromatic rings. The first-order valence-corrected chi connectivity index (χ1v) is 9.25. The second-order valence-corrected chi connectivity index (χ2v) is 6.95. The summed E-state index contributed by atoms with van der Waals surface area (Å²) in [4.78, 5) is 21.8. The predicted molar refractivity (Wildman–Crippen MR) is 107 cm³/mol. The number of benzene rings is 2. The van der Waals surface area contributed by atoms with Gasteiger partial charge in [-0.2, -0.15) is 0 Å². The van der Waals surface area contributed by atoms with Crippen LogP contribution in [0.15, 0.2) is 48.8 Å². The number of hydrogen-bond acceptors (Lipinski definition) is 4. The number of aromatic nitrogens is 2. The van der Waals surface area contributed by atoms with Crippen LogP contribution in [0, 0.1) is 11.6 Å². The van der Waals surface area contributed by atoms with Crippen LogP contribution in [0.1, 0.15) is 17.3 Å². The largest absolute Gasteiger partial charge is 0.392 e. The number of rotatable bonds is 5. The number of carbonyl (C=O) groups is 1. The van der Waals surface area contributed by atoms with Gasteiger partial charge in [-0.1, -0.05) is 41.4 Å². The van der Waals surface area contributed by atoms with Crippen LogP contribution in [0.3, 0.4) is 0 Å². The number of amides is 1. The van der Waals surface area contributed by atoms with Gasteiger partial charge in [-0.3, -0.25) is 4.79 Å². The molecule has 29 heavy (non-hydrogen) atoms. The van der Waals surface area contributed by atoms with Gasteiger partial charge in [0.25, 0.3) is 5.91 Å². The molecule has 5 nitrogen and oxygen atoms in total. The number of aliphatic hydroxyl groups is 1. The zero-order valence-corrected chi connectivity index (χ0v) is 16.6. The Morgan fingerprint density at radius 2 is 1.62 bits per heavy atom. The van der Waals surface area contributed by atoms with Crippen LogP contribution in [0.2, 0.25) is 10.3 Å². The Bertz CT molecular complexity index is 1010. The average molecular weight is 438 g/mol. The smallest absolute Gasteiger partial charge is 0.264 e. The van der Waals surface area contributed by atoms with Gasteiger partial charge in [0, 0.05) is 5.69 Å². The van der Waals surface area contributed by atoms with Crippen molar-refractivity contribution in [3.05, 3.63) is 76.3 Å². The first kappa shape index (κ1) is 21.1. The van der Waals surface area contributed by atoms with Gasteiger partial charge in [-0.05, 0) is 36.8 Å². The molecule has 1 unspecified atom stereocenters. The van der Waals surface area contributed by atoms with Gasteiger partial charge in [-0.15, -0.1) is 0 Å². The molecule has 3 rings (SSSR count). The number of halogens is 4. The first-order valence-electron chi connectivity index (χ1n) is 8.50. The van der Waals surface area contributed by atoms with Crippen molar-refractivity contribution in [2.45, 2.75) is 13.0 Å². The van der Waals surface area contributed by atoms with Crippen molar-refractivity contribution in [2.75, 3.05) is 11.4 Å². The molecular formula is C20H15Cl2F2N3O2. The summed E-state index contributed by atoms with van der Waals surface area (Å²) in [7, 11) is 0. The zero-order valence-electron chi connectivity index (χ0n) is 15.1. The first-order chi connectivity index (χ1) is 13.8. The number of carbonyl (C=O) groups excluding carboxylic acids is 1. The van der Waals surface area contributed by atoms with E-state index in [9.17, 15) is 18.7 Å². The van der Waals surface area contributed by atoms with Crippen molar-refractivity contribution >= 4 is 34.8 Å². The van der Waals surface area contributed by atoms with Crippen LogP contribution < -0.4 is 4.90 Å². The highest BCUT2D eigenvalue weighted by Gasteiger charge is 2.25. The molecule has 1 atom stereocenters. The lowest BCUT2D eigenvalue weighted by atomic mass is 10.0.